The normalized spacial score (nSPS) is 21.2. The summed E-state index contributed by atoms with van der Waals surface area (Å²) in [5.41, 5.74) is 14.0. The molecule has 7 aromatic carbocycles. The number of hydrogen-bond donors (Lipinski definition) is 0. The van der Waals surface area contributed by atoms with Crippen molar-refractivity contribution in [1.82, 2.24) is 29.9 Å². The van der Waals surface area contributed by atoms with Gasteiger partial charge in [-0.3, -0.25) is 0 Å². The lowest BCUT2D eigenvalue weighted by Gasteiger charge is -2.61. The second-order valence-corrected chi connectivity index (χ2v) is 18.3. The molecule has 0 N–H and O–H groups in total. The molecular weight excluding hydrogens is 781 g/mol. The molecule has 5 aliphatic rings. The average Bonchev–Trinajstić information content (AvgIpc) is 3.65. The minimum absolute atomic E-state index is 0.00260. The Morgan fingerprint density at radius 3 is 1.08 bits per heavy atom. The van der Waals surface area contributed by atoms with Crippen molar-refractivity contribution in [2.45, 2.75) is 37.5 Å². The molecule has 4 fully saturated rings. The second-order valence-electron chi connectivity index (χ2n) is 18.3. The van der Waals surface area contributed by atoms with Crippen molar-refractivity contribution < 1.29 is 0 Å². The van der Waals surface area contributed by atoms with Crippen LogP contribution < -0.4 is 0 Å². The highest BCUT2D eigenvalue weighted by molar-refractivity contribution is 5.87. The molecule has 2 aromatic heterocycles. The van der Waals surface area contributed by atoms with Crippen LogP contribution in [-0.4, -0.2) is 29.9 Å². The quantitative estimate of drug-likeness (QED) is 0.159. The lowest BCUT2D eigenvalue weighted by Crippen LogP contribution is -2.55. The third kappa shape index (κ3) is 6.07. The Balaban J connectivity index is 0.916. The van der Waals surface area contributed by atoms with E-state index in [1.165, 1.54) is 65.5 Å². The Bertz CT molecular complexity index is 3060. The van der Waals surface area contributed by atoms with Gasteiger partial charge >= 0.3 is 0 Å². The standard InChI is InChI=1S/C58H44N6/c1-5-13-39(14-6-1)52-59-53(40-15-7-2-8-16-40)62-56(61-52)43-23-21-38(22-24-43)44-25-27-48-49-34-45(26-28-50(49)58(51(48)35-44)46-30-36-29-37(32-46)33-47(58)31-36)57-63-54(41-17-9-3-10-18-41)60-55(64-57)42-19-11-4-12-20-42/h1-28,34-37,46-47H,29-33H2. The van der Waals surface area contributed by atoms with Crippen LogP contribution in [0.5, 0.6) is 0 Å². The van der Waals surface area contributed by atoms with Crippen molar-refractivity contribution in [1.29, 1.82) is 0 Å². The van der Waals surface area contributed by atoms with Crippen LogP contribution in [0.1, 0.15) is 43.2 Å². The smallest absolute Gasteiger partial charge is 0.164 e. The Kier molecular flexibility index (Phi) is 8.61. The summed E-state index contributed by atoms with van der Waals surface area (Å²) in [4.78, 5) is 30.2. The molecule has 6 heteroatoms. The van der Waals surface area contributed by atoms with Crippen LogP contribution in [0.3, 0.4) is 0 Å². The van der Waals surface area contributed by atoms with Gasteiger partial charge in [0.2, 0.25) is 0 Å². The Morgan fingerprint density at radius 1 is 0.281 bits per heavy atom. The topological polar surface area (TPSA) is 77.3 Å². The van der Waals surface area contributed by atoms with Gasteiger partial charge in [-0.25, -0.2) is 29.9 Å². The zero-order chi connectivity index (χ0) is 42.2. The number of aromatic nitrogens is 6. The average molecular weight is 825 g/mol. The van der Waals surface area contributed by atoms with E-state index in [2.05, 4.69) is 109 Å². The molecule has 2 heterocycles. The van der Waals surface area contributed by atoms with E-state index in [4.69, 9.17) is 29.9 Å². The van der Waals surface area contributed by atoms with E-state index in [-0.39, 0.29) is 5.41 Å². The highest BCUT2D eigenvalue weighted by atomic mass is 15.0. The molecule has 0 saturated heterocycles. The summed E-state index contributed by atoms with van der Waals surface area (Å²) in [6.07, 6.45) is 6.71. The third-order valence-corrected chi connectivity index (χ3v) is 14.8. The molecule has 4 bridgehead atoms. The van der Waals surface area contributed by atoms with Crippen LogP contribution in [0.25, 0.3) is 90.6 Å². The largest absolute Gasteiger partial charge is 0.208 e. The van der Waals surface area contributed by atoms with Gasteiger partial charge in [-0.1, -0.05) is 170 Å². The third-order valence-electron chi connectivity index (χ3n) is 14.8. The maximum absolute atomic E-state index is 5.15. The maximum Gasteiger partial charge on any atom is 0.164 e. The molecule has 0 atom stereocenters. The van der Waals surface area contributed by atoms with Gasteiger partial charge < -0.3 is 0 Å². The predicted molar refractivity (Wildman–Crippen MR) is 255 cm³/mol. The molecule has 0 aliphatic heterocycles. The molecule has 9 aromatic rings. The highest BCUT2D eigenvalue weighted by Gasteiger charge is 2.61. The van der Waals surface area contributed by atoms with Crippen LogP contribution in [0.2, 0.25) is 0 Å². The SMILES string of the molecule is c1ccc(-c2nc(-c3ccccc3)nc(-c3ccc(-c4ccc5c(c4)C4(c6ccc(-c7nc(-c8ccccc8)nc(-c8ccccc8)n7)cc6-5)C5CC6CC(C5)CC4C6)cc3)n2)cc1. The number of fused-ring (bicyclic) bond motifs is 3. The van der Waals surface area contributed by atoms with Gasteiger partial charge in [0, 0.05) is 38.8 Å². The second kappa shape index (κ2) is 14.8. The van der Waals surface area contributed by atoms with Crippen LogP contribution in [0.15, 0.2) is 182 Å². The van der Waals surface area contributed by atoms with E-state index >= 15 is 0 Å². The molecule has 1 spiro atoms. The summed E-state index contributed by atoms with van der Waals surface area (Å²) in [6, 6.07) is 64.1. The first-order valence-corrected chi connectivity index (χ1v) is 22.8. The van der Waals surface area contributed by atoms with Gasteiger partial charge in [-0.15, -0.1) is 0 Å². The summed E-state index contributed by atoms with van der Waals surface area (Å²) < 4.78 is 0. The van der Waals surface area contributed by atoms with Gasteiger partial charge in [0.05, 0.1) is 0 Å². The first-order chi connectivity index (χ1) is 31.6. The van der Waals surface area contributed by atoms with Crippen molar-refractivity contribution in [3.05, 3.63) is 193 Å². The fraction of sp³-hybridized carbons (Fsp3) is 0.172. The predicted octanol–water partition coefficient (Wildman–Crippen LogP) is 13.4. The molecule has 14 rings (SSSR count). The van der Waals surface area contributed by atoms with Gasteiger partial charge in [0.25, 0.3) is 0 Å². The summed E-state index contributed by atoms with van der Waals surface area (Å²) in [7, 11) is 0. The van der Waals surface area contributed by atoms with Crippen LogP contribution in [0, 0.1) is 23.7 Å². The van der Waals surface area contributed by atoms with E-state index in [9.17, 15) is 0 Å². The molecule has 306 valence electrons. The van der Waals surface area contributed by atoms with E-state index in [1.54, 1.807) is 0 Å². The Morgan fingerprint density at radius 2 is 0.641 bits per heavy atom. The molecule has 5 aliphatic carbocycles. The van der Waals surface area contributed by atoms with Gasteiger partial charge in [-0.05, 0) is 101 Å². The number of nitrogens with zero attached hydrogens (tertiary/aromatic N) is 6. The lowest BCUT2D eigenvalue weighted by atomic mass is 9.43. The maximum atomic E-state index is 5.15. The van der Waals surface area contributed by atoms with Gasteiger partial charge in [0.15, 0.2) is 34.9 Å². The first-order valence-electron chi connectivity index (χ1n) is 22.8. The molecule has 0 unspecified atom stereocenters. The van der Waals surface area contributed by atoms with E-state index in [0.29, 0.717) is 46.8 Å². The summed E-state index contributed by atoms with van der Waals surface area (Å²) in [6.45, 7) is 0. The van der Waals surface area contributed by atoms with Crippen molar-refractivity contribution >= 4 is 0 Å². The Hall–Kier alpha value is -7.44. The van der Waals surface area contributed by atoms with Crippen molar-refractivity contribution in [2.75, 3.05) is 0 Å². The van der Waals surface area contributed by atoms with Gasteiger partial charge in [0.1, 0.15) is 0 Å². The van der Waals surface area contributed by atoms with Crippen molar-refractivity contribution in [2.24, 2.45) is 23.7 Å². The highest BCUT2D eigenvalue weighted by Crippen LogP contribution is 2.69. The van der Waals surface area contributed by atoms with E-state index in [1.807, 2.05) is 72.8 Å². The molecule has 0 amide bonds. The summed E-state index contributed by atoms with van der Waals surface area (Å²) in [5, 5.41) is 0. The zero-order valence-corrected chi connectivity index (χ0v) is 35.3. The van der Waals surface area contributed by atoms with Crippen LogP contribution in [-0.2, 0) is 5.41 Å². The minimum Gasteiger partial charge on any atom is -0.208 e. The summed E-state index contributed by atoms with van der Waals surface area (Å²) in [5.74, 6) is 7.05. The number of hydrogen-bond acceptors (Lipinski definition) is 6. The number of benzene rings is 7. The first kappa shape index (κ1) is 37.1. The molecule has 6 nitrogen and oxygen atoms in total. The molecule has 64 heavy (non-hydrogen) atoms. The molecule has 4 saturated carbocycles. The Labute approximate surface area is 373 Å². The summed E-state index contributed by atoms with van der Waals surface area (Å²) >= 11 is 0. The van der Waals surface area contributed by atoms with Crippen LogP contribution in [0.4, 0.5) is 0 Å². The lowest BCUT2D eigenvalue weighted by molar-refractivity contribution is -0.0399. The van der Waals surface area contributed by atoms with Crippen molar-refractivity contribution in [3.8, 4) is 90.6 Å². The number of rotatable bonds is 7. The van der Waals surface area contributed by atoms with Crippen LogP contribution >= 0.6 is 0 Å². The van der Waals surface area contributed by atoms with E-state index < -0.39 is 0 Å². The molecular formula is C58H44N6. The fourth-order valence-electron chi connectivity index (χ4n) is 12.2. The minimum atomic E-state index is 0.00260. The molecule has 0 radical (unpaired) electrons. The zero-order valence-electron chi connectivity index (χ0n) is 35.3. The van der Waals surface area contributed by atoms with E-state index in [0.717, 1.165) is 45.2 Å². The van der Waals surface area contributed by atoms with Gasteiger partial charge in [-0.2, -0.15) is 0 Å². The monoisotopic (exact) mass is 824 g/mol. The fourth-order valence-corrected chi connectivity index (χ4v) is 12.2. The van der Waals surface area contributed by atoms with Crippen molar-refractivity contribution in [3.63, 3.8) is 0 Å².